The lowest BCUT2D eigenvalue weighted by Gasteiger charge is -2.36. The maximum atomic E-state index is 11.5. The first-order chi connectivity index (χ1) is 14.5. The SMILES string of the molecule is COC(CC1CCN(c2ccc(C3(O)CCOc4cc(C)ccc43)cc2)CC1)OC. The molecule has 162 valence electrons. The molecule has 1 fully saturated rings. The van der Waals surface area contributed by atoms with E-state index >= 15 is 0 Å². The molecule has 0 aromatic heterocycles. The maximum Gasteiger partial charge on any atom is 0.157 e. The third-order valence-electron chi connectivity index (χ3n) is 6.68. The number of benzene rings is 2. The zero-order valence-corrected chi connectivity index (χ0v) is 18.3. The Balaban J connectivity index is 1.45. The molecule has 0 saturated carbocycles. The van der Waals surface area contributed by atoms with E-state index in [1.165, 1.54) is 5.69 Å². The Morgan fingerprint density at radius 3 is 2.47 bits per heavy atom. The van der Waals surface area contributed by atoms with Crippen LogP contribution in [0, 0.1) is 12.8 Å². The van der Waals surface area contributed by atoms with Gasteiger partial charge in [-0.1, -0.05) is 24.3 Å². The average molecular weight is 412 g/mol. The van der Waals surface area contributed by atoms with Crippen LogP contribution in [0.5, 0.6) is 5.75 Å². The molecule has 1 N–H and O–H groups in total. The first-order valence-corrected chi connectivity index (χ1v) is 10.9. The monoisotopic (exact) mass is 411 g/mol. The Morgan fingerprint density at radius 1 is 1.10 bits per heavy atom. The van der Waals surface area contributed by atoms with Gasteiger partial charge in [0, 0.05) is 51.4 Å². The minimum atomic E-state index is -0.998. The number of fused-ring (bicyclic) bond motifs is 1. The van der Waals surface area contributed by atoms with Crippen LogP contribution in [0.3, 0.4) is 0 Å². The molecule has 2 aromatic rings. The summed E-state index contributed by atoms with van der Waals surface area (Å²) in [5.74, 6) is 1.42. The second-order valence-electron chi connectivity index (χ2n) is 8.57. The summed E-state index contributed by atoms with van der Waals surface area (Å²) in [6, 6.07) is 14.5. The van der Waals surface area contributed by atoms with Gasteiger partial charge in [-0.3, -0.25) is 0 Å². The van der Waals surface area contributed by atoms with E-state index in [2.05, 4.69) is 29.2 Å². The molecule has 4 rings (SSSR count). The maximum absolute atomic E-state index is 11.5. The molecule has 5 nitrogen and oxygen atoms in total. The first-order valence-electron chi connectivity index (χ1n) is 10.9. The quantitative estimate of drug-likeness (QED) is 0.721. The third kappa shape index (κ3) is 4.20. The highest BCUT2D eigenvalue weighted by atomic mass is 16.7. The number of ether oxygens (including phenoxy) is 3. The molecule has 1 saturated heterocycles. The van der Waals surface area contributed by atoms with Gasteiger partial charge in [0.25, 0.3) is 0 Å². The predicted octanol–water partition coefficient (Wildman–Crippen LogP) is 4.24. The Kier molecular flexibility index (Phi) is 6.32. The number of piperidine rings is 1. The zero-order chi connectivity index (χ0) is 21.1. The summed E-state index contributed by atoms with van der Waals surface area (Å²) < 4.78 is 16.5. The van der Waals surface area contributed by atoms with Crippen molar-refractivity contribution in [3.05, 3.63) is 59.2 Å². The smallest absolute Gasteiger partial charge is 0.157 e. The van der Waals surface area contributed by atoms with Crippen LogP contribution in [-0.2, 0) is 15.1 Å². The van der Waals surface area contributed by atoms with Crippen molar-refractivity contribution in [3.63, 3.8) is 0 Å². The Labute approximate surface area is 179 Å². The summed E-state index contributed by atoms with van der Waals surface area (Å²) in [4.78, 5) is 2.43. The van der Waals surface area contributed by atoms with Gasteiger partial charge in [-0.2, -0.15) is 0 Å². The highest BCUT2D eigenvalue weighted by Gasteiger charge is 2.37. The van der Waals surface area contributed by atoms with E-state index in [1.54, 1.807) is 14.2 Å². The van der Waals surface area contributed by atoms with Crippen LogP contribution < -0.4 is 9.64 Å². The molecule has 1 unspecified atom stereocenters. The van der Waals surface area contributed by atoms with E-state index in [4.69, 9.17) is 14.2 Å². The van der Waals surface area contributed by atoms with Gasteiger partial charge in [0.1, 0.15) is 11.4 Å². The number of methoxy groups -OCH3 is 2. The van der Waals surface area contributed by atoms with Crippen molar-refractivity contribution in [2.24, 2.45) is 5.92 Å². The molecule has 0 spiro atoms. The van der Waals surface area contributed by atoms with Crippen molar-refractivity contribution in [1.82, 2.24) is 0 Å². The minimum absolute atomic E-state index is 0.104. The normalized spacial score (nSPS) is 22.1. The number of hydrogen-bond donors (Lipinski definition) is 1. The highest BCUT2D eigenvalue weighted by molar-refractivity contribution is 5.53. The van der Waals surface area contributed by atoms with Crippen molar-refractivity contribution in [2.45, 2.75) is 44.5 Å². The van der Waals surface area contributed by atoms with Crippen LogP contribution >= 0.6 is 0 Å². The highest BCUT2D eigenvalue weighted by Crippen LogP contribution is 2.42. The summed E-state index contributed by atoms with van der Waals surface area (Å²) in [7, 11) is 3.41. The van der Waals surface area contributed by atoms with E-state index in [-0.39, 0.29) is 6.29 Å². The molecule has 1 atom stereocenters. The van der Waals surface area contributed by atoms with Gasteiger partial charge in [-0.25, -0.2) is 0 Å². The third-order valence-corrected chi connectivity index (χ3v) is 6.68. The summed E-state index contributed by atoms with van der Waals surface area (Å²) >= 11 is 0. The van der Waals surface area contributed by atoms with Crippen molar-refractivity contribution in [2.75, 3.05) is 38.8 Å². The molecule has 0 aliphatic carbocycles. The number of rotatable bonds is 6. The fraction of sp³-hybridized carbons (Fsp3) is 0.520. The standard InChI is InChI=1S/C25H33NO4/c1-18-4-9-22-23(16-18)30-15-12-25(22,27)20-5-7-21(8-6-20)26-13-10-19(11-14-26)17-24(28-2)29-3/h4-9,16,19,24,27H,10-15,17H2,1-3H3. The number of aryl methyl sites for hydroxylation is 1. The molecule has 2 aliphatic rings. The second-order valence-corrected chi connectivity index (χ2v) is 8.57. The minimum Gasteiger partial charge on any atom is -0.493 e. The van der Waals surface area contributed by atoms with Crippen LogP contribution in [0.2, 0.25) is 0 Å². The van der Waals surface area contributed by atoms with Gasteiger partial charge in [0.15, 0.2) is 6.29 Å². The van der Waals surface area contributed by atoms with Crippen LogP contribution in [0.1, 0.15) is 42.4 Å². The van der Waals surface area contributed by atoms with Crippen molar-refractivity contribution in [3.8, 4) is 5.75 Å². The van der Waals surface area contributed by atoms with Crippen LogP contribution in [0.4, 0.5) is 5.69 Å². The first kappa shape index (κ1) is 21.2. The van der Waals surface area contributed by atoms with Gasteiger partial charge in [0.2, 0.25) is 0 Å². The van der Waals surface area contributed by atoms with E-state index in [0.29, 0.717) is 18.9 Å². The van der Waals surface area contributed by atoms with Gasteiger partial charge in [-0.05, 0) is 55.0 Å². The summed E-state index contributed by atoms with van der Waals surface area (Å²) in [5.41, 5.74) is 3.14. The molecule has 0 radical (unpaired) electrons. The second kappa shape index (κ2) is 8.96. The molecule has 5 heteroatoms. The van der Waals surface area contributed by atoms with Crippen LogP contribution in [0.25, 0.3) is 0 Å². The summed E-state index contributed by atoms with van der Waals surface area (Å²) in [6.45, 7) is 4.63. The van der Waals surface area contributed by atoms with Crippen molar-refractivity contribution >= 4 is 5.69 Å². The average Bonchev–Trinajstić information content (AvgIpc) is 2.78. The summed E-state index contributed by atoms with van der Waals surface area (Å²) in [5, 5.41) is 11.5. The molecular formula is C25H33NO4. The van der Waals surface area contributed by atoms with E-state index in [9.17, 15) is 5.11 Å². The largest absolute Gasteiger partial charge is 0.493 e. The molecule has 2 aromatic carbocycles. The van der Waals surface area contributed by atoms with Crippen LogP contribution in [0.15, 0.2) is 42.5 Å². The Morgan fingerprint density at radius 2 is 1.80 bits per heavy atom. The molecule has 2 heterocycles. The van der Waals surface area contributed by atoms with Gasteiger partial charge in [-0.15, -0.1) is 0 Å². The lowest BCUT2D eigenvalue weighted by molar-refractivity contribution is -0.115. The van der Waals surface area contributed by atoms with Gasteiger partial charge < -0.3 is 24.2 Å². The molecule has 30 heavy (non-hydrogen) atoms. The predicted molar refractivity (Wildman–Crippen MR) is 118 cm³/mol. The molecular weight excluding hydrogens is 378 g/mol. The van der Waals surface area contributed by atoms with Crippen molar-refractivity contribution in [1.29, 1.82) is 0 Å². The Bertz CT molecular complexity index is 841. The number of anilines is 1. The topological polar surface area (TPSA) is 51.2 Å². The number of nitrogens with zero attached hydrogens (tertiary/aromatic N) is 1. The number of aliphatic hydroxyl groups is 1. The van der Waals surface area contributed by atoms with E-state index < -0.39 is 5.60 Å². The number of hydrogen-bond acceptors (Lipinski definition) is 5. The zero-order valence-electron chi connectivity index (χ0n) is 18.3. The van der Waals surface area contributed by atoms with Crippen molar-refractivity contribution < 1.29 is 19.3 Å². The lowest BCUT2D eigenvalue weighted by Crippen LogP contribution is -2.36. The fourth-order valence-electron chi connectivity index (χ4n) is 4.77. The Hall–Kier alpha value is -2.08. The molecule has 0 amide bonds. The van der Waals surface area contributed by atoms with Gasteiger partial charge >= 0.3 is 0 Å². The fourth-order valence-corrected chi connectivity index (χ4v) is 4.77. The van der Waals surface area contributed by atoms with E-state index in [1.807, 2.05) is 25.1 Å². The van der Waals surface area contributed by atoms with E-state index in [0.717, 1.165) is 54.8 Å². The summed E-state index contributed by atoms with van der Waals surface area (Å²) in [6.07, 6.45) is 3.69. The van der Waals surface area contributed by atoms with Gasteiger partial charge in [0.05, 0.1) is 6.61 Å². The lowest BCUT2D eigenvalue weighted by atomic mass is 9.81. The van der Waals surface area contributed by atoms with Crippen LogP contribution in [-0.4, -0.2) is 45.3 Å². The molecule has 2 aliphatic heterocycles. The molecule has 0 bridgehead atoms.